The monoisotopic (exact) mass is 100 g/mol. The summed E-state index contributed by atoms with van der Waals surface area (Å²) >= 11 is 0. The summed E-state index contributed by atoms with van der Waals surface area (Å²) in [7, 11) is 0. The zero-order valence-electron chi connectivity index (χ0n) is 1.79. The largest absolute Gasteiger partial charge is 0.255 e. The van der Waals surface area contributed by atoms with Crippen molar-refractivity contribution in [1.29, 1.82) is 0 Å². The molecule has 4 N–H and O–H groups in total. The Morgan fingerprint density at radius 3 is 0.500 bits per heavy atom. The molecule has 0 aromatic rings. The summed E-state index contributed by atoms with van der Waals surface area (Å²) in [4.78, 5) is 0. The van der Waals surface area contributed by atoms with Crippen molar-refractivity contribution in [3.05, 3.63) is 0 Å². The summed E-state index contributed by atoms with van der Waals surface area (Å²) in [5.41, 5.74) is 0. The van der Waals surface area contributed by atoms with Crippen LogP contribution in [0.25, 0.3) is 0 Å². The lowest BCUT2D eigenvalue weighted by atomic mass is 12.0. The highest BCUT2D eigenvalue weighted by Gasteiger charge is 0.747. The van der Waals surface area contributed by atoms with Crippen LogP contribution < -0.4 is 0 Å². The average Bonchev–Trinajstić information content (AvgIpc) is 1.50. The van der Waals surface area contributed by atoms with Gasteiger partial charge in [-0.25, -0.2) is 0 Å². The van der Waals surface area contributed by atoms with Crippen molar-refractivity contribution in [2.24, 2.45) is 0 Å². The number of hydrogen-bond acceptors (Lipinski definition) is 4. The SMILES string of the molecule is C.C.OO.OO. The lowest BCUT2D eigenvalue weighted by Crippen LogP contribution is -1.29. The van der Waals surface area contributed by atoms with Gasteiger partial charge in [0.05, 0.1) is 0 Å². The van der Waals surface area contributed by atoms with Crippen molar-refractivity contribution < 1.29 is 21.0 Å². The molecule has 0 amide bonds. The van der Waals surface area contributed by atoms with Crippen LogP contribution in [0.2, 0.25) is 0 Å². The lowest BCUT2D eigenvalue weighted by molar-refractivity contribution is -0.176. The van der Waals surface area contributed by atoms with Crippen LogP contribution in [0.1, 0.15) is 14.9 Å². The fraction of sp³-hybridized carbons (Fsp3) is 1.00. The van der Waals surface area contributed by atoms with Gasteiger partial charge in [-0.3, -0.25) is 21.0 Å². The van der Waals surface area contributed by atoms with E-state index in [2.05, 4.69) is 0 Å². The van der Waals surface area contributed by atoms with Crippen LogP contribution in [0.4, 0.5) is 0 Å². The fourth-order valence-corrected chi connectivity index (χ4v) is 0. The highest BCUT2D eigenvalue weighted by molar-refractivity contribution is 2.50. The second-order valence-corrected chi connectivity index (χ2v) is 0. The summed E-state index contributed by atoms with van der Waals surface area (Å²) < 4.78 is 0. The fourth-order valence-electron chi connectivity index (χ4n) is 0. The molecule has 0 bridgehead atoms. The van der Waals surface area contributed by atoms with Gasteiger partial charge in [0.1, 0.15) is 0 Å². The van der Waals surface area contributed by atoms with Crippen molar-refractivity contribution in [1.82, 2.24) is 0 Å². The average molecular weight is 100 g/mol. The van der Waals surface area contributed by atoms with Gasteiger partial charge in [-0.15, -0.1) is 0 Å². The van der Waals surface area contributed by atoms with Gasteiger partial charge in [-0.2, -0.15) is 0 Å². The molecule has 44 valence electrons. The van der Waals surface area contributed by atoms with Gasteiger partial charge in [0.15, 0.2) is 0 Å². The first-order valence-corrected chi connectivity index (χ1v) is 0.400. The van der Waals surface area contributed by atoms with Crippen LogP contribution in [0.3, 0.4) is 0 Å². The van der Waals surface area contributed by atoms with Crippen molar-refractivity contribution in [2.75, 3.05) is 0 Å². The molecule has 4 nitrogen and oxygen atoms in total. The highest BCUT2D eigenvalue weighted by atomic mass is 17.0. The summed E-state index contributed by atoms with van der Waals surface area (Å²) in [5.74, 6) is 0. The Hall–Kier alpha value is -0.160. The molecule has 0 aromatic heterocycles. The van der Waals surface area contributed by atoms with Crippen molar-refractivity contribution in [3.63, 3.8) is 0 Å². The molecule has 0 aliphatic carbocycles. The van der Waals surface area contributed by atoms with E-state index in [4.69, 9.17) is 21.0 Å². The molecule has 0 radical (unpaired) electrons. The standard InChI is InChI=1S/2CH4.2H2O2/c;;2*1-2/h2*1H4;2*1-2H. The first kappa shape index (κ1) is 40.4. The van der Waals surface area contributed by atoms with Gasteiger partial charge < -0.3 is 0 Å². The minimum atomic E-state index is 0. The second kappa shape index (κ2) is 2790. The third-order valence-electron chi connectivity index (χ3n) is 0. The van der Waals surface area contributed by atoms with Crippen LogP contribution in [0.15, 0.2) is 0 Å². The number of hydrogen-bond donors (Lipinski definition) is 4. The Bertz CT molecular complexity index is 5.51. The van der Waals surface area contributed by atoms with Crippen LogP contribution in [-0.2, 0) is 0 Å². The zero-order chi connectivity index (χ0) is 4.00. The zero-order valence-corrected chi connectivity index (χ0v) is 1.79. The molecule has 0 fully saturated rings. The molecule has 0 unspecified atom stereocenters. The molecule has 0 saturated heterocycles. The van der Waals surface area contributed by atoms with Crippen molar-refractivity contribution in [3.8, 4) is 0 Å². The quantitative estimate of drug-likeness (QED) is 0.273. The van der Waals surface area contributed by atoms with E-state index in [-0.39, 0.29) is 14.9 Å². The van der Waals surface area contributed by atoms with Gasteiger partial charge in [-0.05, 0) is 0 Å². The number of rotatable bonds is 0. The molecule has 0 aromatic carbocycles. The molecular weight excluding hydrogens is 88.0 g/mol. The summed E-state index contributed by atoms with van der Waals surface area (Å²) in [6.07, 6.45) is 0. The lowest BCUT2D eigenvalue weighted by Gasteiger charge is -1.25. The Labute approximate surface area is 37.2 Å². The molecule has 0 heterocycles. The molecule has 6 heavy (non-hydrogen) atoms. The summed E-state index contributed by atoms with van der Waals surface area (Å²) in [5, 5.41) is 24.0. The predicted molar refractivity (Wildman–Crippen MR) is 24.0 cm³/mol. The second-order valence-electron chi connectivity index (χ2n) is 0. The molecule has 0 atom stereocenters. The van der Waals surface area contributed by atoms with Crippen LogP contribution in [0.5, 0.6) is 0 Å². The molecular formula is C2H12O4. The first-order chi connectivity index (χ1) is 2.00. The molecule has 0 rings (SSSR count). The van der Waals surface area contributed by atoms with E-state index in [9.17, 15) is 0 Å². The van der Waals surface area contributed by atoms with Crippen molar-refractivity contribution in [2.45, 2.75) is 14.9 Å². The van der Waals surface area contributed by atoms with Gasteiger partial charge in [-0.1, -0.05) is 14.9 Å². The minimum absolute atomic E-state index is 0. The third-order valence-corrected chi connectivity index (χ3v) is 0. The third kappa shape index (κ3) is 1210. The van der Waals surface area contributed by atoms with E-state index in [0.717, 1.165) is 0 Å². The van der Waals surface area contributed by atoms with Gasteiger partial charge in [0.2, 0.25) is 0 Å². The Kier molecular flexibility index (Phi) is 18800. The Morgan fingerprint density at radius 2 is 0.500 bits per heavy atom. The predicted octanol–water partition coefficient (Wildman–Crippen LogP) is 1.31. The smallest absolute Gasteiger partial charge is 0.0776 e. The maximum absolute atomic E-state index is 6.00. The molecule has 0 saturated carbocycles. The Morgan fingerprint density at radius 1 is 0.500 bits per heavy atom. The maximum atomic E-state index is 6.00. The van der Waals surface area contributed by atoms with E-state index in [0.29, 0.717) is 0 Å². The van der Waals surface area contributed by atoms with Crippen LogP contribution in [0, 0.1) is 0 Å². The normalized spacial score (nSPS) is 2.00. The maximum Gasteiger partial charge on any atom is -0.0776 e. The topological polar surface area (TPSA) is 80.9 Å². The van der Waals surface area contributed by atoms with E-state index in [1.807, 2.05) is 0 Å². The van der Waals surface area contributed by atoms with Crippen LogP contribution >= 0.6 is 0 Å². The molecule has 4 heteroatoms. The van der Waals surface area contributed by atoms with E-state index in [1.54, 1.807) is 0 Å². The minimum Gasteiger partial charge on any atom is -0.255 e. The summed E-state index contributed by atoms with van der Waals surface area (Å²) in [6, 6.07) is 0. The first-order valence-electron chi connectivity index (χ1n) is 0.400. The highest BCUT2D eigenvalue weighted by Crippen LogP contribution is 0.713. The van der Waals surface area contributed by atoms with Gasteiger partial charge in [0, 0.05) is 0 Å². The van der Waals surface area contributed by atoms with Gasteiger partial charge in [0.25, 0.3) is 0 Å². The summed E-state index contributed by atoms with van der Waals surface area (Å²) in [6.45, 7) is 0. The van der Waals surface area contributed by atoms with E-state index >= 15 is 0 Å². The van der Waals surface area contributed by atoms with Crippen LogP contribution in [-0.4, -0.2) is 21.0 Å². The molecule has 0 spiro atoms. The Balaban J connectivity index is -0.00000000500. The van der Waals surface area contributed by atoms with E-state index in [1.165, 1.54) is 0 Å². The molecule has 0 aliphatic heterocycles. The van der Waals surface area contributed by atoms with Crippen molar-refractivity contribution >= 4 is 0 Å². The van der Waals surface area contributed by atoms with Gasteiger partial charge >= 0.3 is 0 Å². The molecule has 0 aliphatic rings. The van der Waals surface area contributed by atoms with E-state index < -0.39 is 0 Å².